The molecule has 0 aromatic rings. The van der Waals surface area contributed by atoms with Gasteiger partial charge in [0, 0.05) is 0 Å². The van der Waals surface area contributed by atoms with Crippen LogP contribution >= 0.6 is 0 Å². The summed E-state index contributed by atoms with van der Waals surface area (Å²) >= 11 is 0. The van der Waals surface area contributed by atoms with Gasteiger partial charge in [-0.2, -0.15) is 0 Å². The Hall–Kier alpha value is -0.384. The molecule has 4 heterocycles. The monoisotopic (exact) mass is 1170 g/mol. The summed E-state index contributed by atoms with van der Waals surface area (Å²) in [5.74, 6) is 0. The van der Waals surface area contributed by atoms with Crippen molar-refractivity contribution < 1.29 is 57.6 Å². The third-order valence-electron chi connectivity index (χ3n) is 10.0. The highest BCUT2D eigenvalue weighted by Gasteiger charge is 2.56. The predicted molar refractivity (Wildman–Crippen MR) is 308 cm³/mol. The molecule has 28 heteroatoms. The topological polar surface area (TPSA) is 129 Å². The predicted octanol–water partition coefficient (Wildman–Crippen LogP) is 11.1. The third-order valence-corrected chi connectivity index (χ3v) is 65.6. The second-order valence-electron chi connectivity index (χ2n) is 19.0. The Bertz CT molecular complexity index is 1670. The highest BCUT2D eigenvalue weighted by atomic mass is 28.5. The molecule has 0 N–H and O–H groups in total. The van der Waals surface area contributed by atoms with E-state index in [0.29, 0.717) is 0 Å². The molecule has 0 amide bonds. The van der Waals surface area contributed by atoms with E-state index in [9.17, 15) is 0 Å². The van der Waals surface area contributed by atoms with Crippen molar-refractivity contribution in [2.45, 2.75) is 111 Å². The van der Waals surface area contributed by atoms with Gasteiger partial charge in [-0.05, 0) is 111 Å². The van der Waals surface area contributed by atoms with Crippen LogP contribution in [-0.2, 0) is 57.6 Å². The molecule has 0 saturated carbocycles. The van der Waals surface area contributed by atoms with Crippen molar-refractivity contribution in [2.75, 3.05) is 0 Å². The highest BCUT2D eigenvalue weighted by molar-refractivity contribution is 7.00. The highest BCUT2D eigenvalue weighted by Crippen LogP contribution is 2.35. The molecule has 4 fully saturated rings. The quantitative estimate of drug-likeness (QED) is 0.182. The molecule has 0 spiro atoms. The van der Waals surface area contributed by atoms with E-state index in [1.807, 2.05) is 123 Å². The van der Waals surface area contributed by atoms with Crippen LogP contribution in [0.1, 0.15) is 0 Å². The van der Waals surface area contributed by atoms with E-state index in [0.717, 1.165) is 0 Å². The second-order valence-corrected chi connectivity index (χ2v) is 65.7. The van der Waals surface area contributed by atoms with Gasteiger partial charge in [-0.15, -0.1) is 72.4 Å². The average molecular weight is 1170 g/mol. The Kier molecular flexibility index (Phi) is 22.4. The van der Waals surface area contributed by atoms with Gasteiger partial charge in [0.2, 0.25) is 0 Å². The van der Waals surface area contributed by atoms with Crippen molar-refractivity contribution in [1.82, 2.24) is 0 Å². The van der Waals surface area contributed by atoms with Gasteiger partial charge in [0.15, 0.2) is 0 Å². The molecule has 0 aromatic heterocycles. The van der Waals surface area contributed by atoms with Crippen LogP contribution in [0, 0.1) is 0 Å². The van der Waals surface area contributed by atoms with Gasteiger partial charge in [-0.1, -0.05) is 62.7 Å². The minimum Gasteiger partial charge on any atom is -0.413 e. The van der Waals surface area contributed by atoms with Crippen molar-refractivity contribution in [3.8, 4) is 0 Å². The van der Waals surface area contributed by atoms with Gasteiger partial charge in [0.25, 0.3) is 0 Å². The summed E-state index contributed by atoms with van der Waals surface area (Å²) in [6.07, 6.45) is 0. The zero-order valence-electron chi connectivity index (χ0n) is 43.8. The standard InChI is InChI=1S/C12H24O4Si4.C10H24O4Si4.C9H18O3Si3.C8H18O3Si3/c1-9-17(5)13-18(6,10-2)15-20(8,12-4)16-19(7,11-3)14-17;1-9-17(7)11-15(3,4)13-18(8,10-2)14-16(5,6)12-17;1-7-13(4)10-14(5,8-2)12-15(6,9-3)11-13;1-7-13(5)9-12(3,4)10-14(6,8-2)11-13/h9-12H,1-4H2,5-8H3;9-10H,1-2H2,3-8H3;7-9H,1-3H2,4-6H3;7-8H,1-2H2,3-6H3. The molecule has 2 unspecified atom stereocenters. The molecule has 0 aromatic carbocycles. The first kappa shape index (κ1) is 64.6. The summed E-state index contributed by atoms with van der Waals surface area (Å²) in [4.78, 5) is 0. The third kappa shape index (κ3) is 19.5. The molecule has 2 atom stereocenters. The Balaban J connectivity index is 0.000000451. The van der Waals surface area contributed by atoms with Gasteiger partial charge in [0.1, 0.15) is 0 Å². The van der Waals surface area contributed by atoms with Crippen molar-refractivity contribution in [3.05, 3.63) is 135 Å². The van der Waals surface area contributed by atoms with Gasteiger partial charge in [0.05, 0.1) is 0 Å². The van der Waals surface area contributed by atoms with E-state index in [1.54, 1.807) is 51.3 Å². The molecule has 14 nitrogen and oxygen atoms in total. The lowest BCUT2D eigenvalue weighted by atomic mass is 11.3. The average Bonchev–Trinajstić information content (AvgIpc) is 3.18. The van der Waals surface area contributed by atoms with E-state index in [2.05, 4.69) is 72.4 Å². The molecule has 380 valence electrons. The van der Waals surface area contributed by atoms with Gasteiger partial charge in [-0.25, -0.2) is 0 Å². The molecule has 0 aliphatic carbocycles. The minimum absolute atomic E-state index is 1.75. The normalized spacial score (nSPS) is 43.2. The largest absolute Gasteiger partial charge is 0.413 e. The summed E-state index contributed by atoms with van der Waals surface area (Å²) in [6.45, 7) is 75.9. The van der Waals surface area contributed by atoms with Crippen molar-refractivity contribution in [2.24, 2.45) is 0 Å². The van der Waals surface area contributed by atoms with Crippen LogP contribution in [0.3, 0.4) is 0 Å². The molecular weight excluding hydrogens is 1090 g/mol. The first-order valence-corrected chi connectivity index (χ1v) is 56.7. The van der Waals surface area contributed by atoms with E-state index in [-0.39, 0.29) is 0 Å². The van der Waals surface area contributed by atoms with Crippen LogP contribution in [-0.4, -0.2) is 120 Å². The van der Waals surface area contributed by atoms with Crippen LogP contribution in [0.15, 0.2) is 135 Å². The number of hydrogen-bond donors (Lipinski definition) is 0. The lowest BCUT2D eigenvalue weighted by Crippen LogP contribution is -2.65. The molecule has 67 heavy (non-hydrogen) atoms. The van der Waals surface area contributed by atoms with Gasteiger partial charge >= 0.3 is 120 Å². The summed E-state index contributed by atoms with van der Waals surface area (Å²) in [5, 5.41) is 0. The number of rotatable bonds is 11. The van der Waals surface area contributed by atoms with Crippen molar-refractivity contribution in [3.63, 3.8) is 0 Å². The maximum atomic E-state index is 6.25. The molecule has 4 saturated heterocycles. The second kappa shape index (κ2) is 23.2. The Morgan fingerprint density at radius 3 is 0.328 bits per heavy atom. The minimum atomic E-state index is -2.60. The SMILES string of the molecule is C=C[Si]1(C)O[Si](C)(C)O[Si](C)(C=C)O1.C=C[Si]1(C)O[Si](C)(C)O[Si](C)(C=C)O[Si](C)(C)O1.C=C[Si]1(C)O[Si](C)(C=C)O[Si](C)(C=C)O1.C=C[Si]1(C)O[Si](C)(C=C)O[Si](C)(C=C)O[Si](C)(C=C)O1. The van der Waals surface area contributed by atoms with E-state index >= 15 is 0 Å². The van der Waals surface area contributed by atoms with E-state index in [4.69, 9.17) is 57.6 Å². The fourth-order valence-electron chi connectivity index (χ4n) is 7.36. The van der Waals surface area contributed by atoms with Crippen LogP contribution in [0.25, 0.3) is 0 Å². The maximum Gasteiger partial charge on any atom is 0.344 e. The molecule has 4 rings (SSSR count). The molecule has 4 aliphatic rings. The van der Waals surface area contributed by atoms with Crippen LogP contribution < -0.4 is 0 Å². The molecule has 4 aliphatic heterocycles. The first-order valence-electron chi connectivity index (χ1n) is 21.9. The zero-order chi connectivity index (χ0) is 52.7. The Morgan fingerprint density at radius 2 is 0.239 bits per heavy atom. The van der Waals surface area contributed by atoms with Crippen molar-refractivity contribution >= 4 is 120 Å². The summed E-state index contributed by atoms with van der Waals surface area (Å²) in [7, 11) is -33.2. The molecule has 0 radical (unpaired) electrons. The maximum absolute atomic E-state index is 6.25. The molecular formula is C39H84O14Si14. The van der Waals surface area contributed by atoms with Crippen LogP contribution in [0.4, 0.5) is 0 Å². The summed E-state index contributed by atoms with van der Waals surface area (Å²) in [5.41, 5.74) is 19.6. The first-order chi connectivity index (χ1) is 30.1. The summed E-state index contributed by atoms with van der Waals surface area (Å²) < 4.78 is 85.4. The van der Waals surface area contributed by atoms with Gasteiger partial charge < -0.3 is 57.6 Å². The van der Waals surface area contributed by atoms with Gasteiger partial charge in [-0.3, -0.25) is 0 Å². The number of hydrogen-bond acceptors (Lipinski definition) is 14. The smallest absolute Gasteiger partial charge is 0.344 e. The van der Waals surface area contributed by atoms with Crippen LogP contribution in [0.2, 0.25) is 111 Å². The van der Waals surface area contributed by atoms with Crippen molar-refractivity contribution in [1.29, 1.82) is 0 Å². The Labute approximate surface area is 420 Å². The zero-order valence-corrected chi connectivity index (χ0v) is 57.8. The van der Waals surface area contributed by atoms with E-state index in [1.165, 1.54) is 0 Å². The lowest BCUT2D eigenvalue weighted by Gasteiger charge is -2.46. The van der Waals surface area contributed by atoms with Crippen LogP contribution in [0.5, 0.6) is 0 Å². The Morgan fingerprint density at radius 1 is 0.164 bits per heavy atom. The molecule has 0 bridgehead atoms. The fraction of sp³-hybridized carbons (Fsp3) is 0.436. The lowest BCUT2D eigenvalue weighted by molar-refractivity contribution is 0.243. The van der Waals surface area contributed by atoms with E-state index < -0.39 is 120 Å². The summed E-state index contributed by atoms with van der Waals surface area (Å²) in [6, 6.07) is 0. The fourth-order valence-corrected chi connectivity index (χ4v) is 71.5.